The van der Waals surface area contributed by atoms with E-state index < -0.39 is 11.7 Å². The number of methoxy groups -OCH3 is 1. The van der Waals surface area contributed by atoms with Gasteiger partial charge in [-0.15, -0.1) is 0 Å². The Kier molecular flexibility index (Phi) is 18.8. The molecule has 0 aromatic heterocycles. The average Bonchev–Trinajstić information content (AvgIpc) is 2.82. The number of hydrogen-bond acceptors (Lipinski definition) is 3. The molecule has 5 heteroatoms. The molecule has 0 N–H and O–H groups in total. The van der Waals surface area contributed by atoms with Crippen molar-refractivity contribution < 1.29 is 23.0 Å². The monoisotopic (exact) mass is 474 g/mol. The lowest BCUT2D eigenvalue weighted by Gasteiger charge is -2.30. The first-order valence-corrected chi connectivity index (χ1v) is 13.3. The third-order valence-electron chi connectivity index (χ3n) is 6.27. The third-order valence-corrected chi connectivity index (χ3v) is 6.27. The van der Waals surface area contributed by atoms with Crippen LogP contribution in [0.5, 0.6) is 0 Å². The standard InChI is InChI=1S/C25H44F2O3.C3H8/c1-7-9-10-11-21-14-15-23(30-17-21)29-16-18(3)12-13-19(4)22(8-2)25(27)24(26)20(5)28-6;1-3-2/h18-19,21,23H,7-17H2,1-6H3;3H2,1-2H3/b24-20-,25-22-;. The van der Waals surface area contributed by atoms with Crippen LogP contribution in [0.2, 0.25) is 0 Å². The van der Waals surface area contributed by atoms with E-state index in [9.17, 15) is 8.78 Å². The predicted octanol–water partition coefficient (Wildman–Crippen LogP) is 9.29. The van der Waals surface area contributed by atoms with E-state index >= 15 is 0 Å². The molecule has 0 bridgehead atoms. The van der Waals surface area contributed by atoms with E-state index in [0.717, 1.165) is 25.9 Å². The molecule has 3 nitrogen and oxygen atoms in total. The SMILES string of the molecule is CCC.CCCCCC1CCC(OCC(C)CCC(C)/C(CC)=C(F)/C(F)=C(\C)OC)OC1. The van der Waals surface area contributed by atoms with Gasteiger partial charge in [-0.25, -0.2) is 8.78 Å². The minimum absolute atomic E-state index is 0.0208. The molecular weight excluding hydrogens is 422 g/mol. The number of ether oxygens (including phenoxy) is 3. The Morgan fingerprint density at radius 2 is 1.67 bits per heavy atom. The van der Waals surface area contributed by atoms with Gasteiger partial charge in [-0.3, -0.25) is 0 Å². The van der Waals surface area contributed by atoms with Gasteiger partial charge in [0.25, 0.3) is 0 Å². The van der Waals surface area contributed by atoms with Gasteiger partial charge in [-0.1, -0.05) is 67.2 Å². The summed E-state index contributed by atoms with van der Waals surface area (Å²) in [6.45, 7) is 15.3. The summed E-state index contributed by atoms with van der Waals surface area (Å²) in [6, 6.07) is 0. The second-order valence-corrected chi connectivity index (χ2v) is 9.59. The minimum atomic E-state index is -0.889. The number of rotatable bonds is 14. The van der Waals surface area contributed by atoms with Crippen molar-refractivity contribution in [3.8, 4) is 0 Å². The first-order valence-electron chi connectivity index (χ1n) is 13.3. The lowest BCUT2D eigenvalue weighted by Crippen LogP contribution is -2.29. The molecule has 1 aliphatic rings. The molecule has 0 radical (unpaired) electrons. The van der Waals surface area contributed by atoms with Crippen molar-refractivity contribution >= 4 is 0 Å². The zero-order valence-electron chi connectivity index (χ0n) is 22.8. The van der Waals surface area contributed by atoms with E-state index in [1.54, 1.807) is 0 Å². The van der Waals surface area contributed by atoms with E-state index in [0.29, 0.717) is 30.4 Å². The van der Waals surface area contributed by atoms with E-state index in [1.807, 2.05) is 13.8 Å². The van der Waals surface area contributed by atoms with Gasteiger partial charge in [0.05, 0.1) is 20.3 Å². The minimum Gasteiger partial charge on any atom is -0.498 e. The molecule has 1 fully saturated rings. The summed E-state index contributed by atoms with van der Waals surface area (Å²) in [7, 11) is 1.35. The molecule has 1 heterocycles. The van der Waals surface area contributed by atoms with Crippen LogP contribution < -0.4 is 0 Å². The molecule has 0 spiro atoms. The Hall–Kier alpha value is -0.940. The fraction of sp³-hybridized carbons (Fsp3) is 0.857. The zero-order chi connectivity index (χ0) is 25.2. The van der Waals surface area contributed by atoms with Gasteiger partial charge in [0.2, 0.25) is 0 Å². The maximum atomic E-state index is 14.5. The van der Waals surface area contributed by atoms with Crippen molar-refractivity contribution in [1.82, 2.24) is 0 Å². The second kappa shape index (κ2) is 19.4. The van der Waals surface area contributed by atoms with Crippen molar-refractivity contribution in [3.05, 3.63) is 23.0 Å². The molecule has 0 aromatic carbocycles. The van der Waals surface area contributed by atoms with Crippen molar-refractivity contribution in [1.29, 1.82) is 0 Å². The van der Waals surface area contributed by atoms with Crippen LogP contribution >= 0.6 is 0 Å². The number of hydrogen-bond donors (Lipinski definition) is 0. The molecule has 33 heavy (non-hydrogen) atoms. The highest BCUT2D eigenvalue weighted by Gasteiger charge is 2.23. The van der Waals surface area contributed by atoms with Gasteiger partial charge in [0, 0.05) is 0 Å². The molecule has 1 aliphatic heterocycles. The number of unbranched alkanes of at least 4 members (excludes halogenated alkanes) is 2. The Morgan fingerprint density at radius 3 is 2.18 bits per heavy atom. The first-order chi connectivity index (χ1) is 15.7. The molecule has 1 rings (SSSR count). The number of halogens is 2. The zero-order valence-corrected chi connectivity index (χ0v) is 22.8. The fourth-order valence-electron chi connectivity index (χ4n) is 3.99. The molecule has 1 saturated heterocycles. The topological polar surface area (TPSA) is 27.7 Å². The second-order valence-electron chi connectivity index (χ2n) is 9.59. The van der Waals surface area contributed by atoms with Crippen LogP contribution in [-0.4, -0.2) is 26.6 Å². The summed E-state index contributed by atoms with van der Waals surface area (Å²) in [4.78, 5) is 0. The van der Waals surface area contributed by atoms with Gasteiger partial charge in [0.1, 0.15) is 5.76 Å². The van der Waals surface area contributed by atoms with Gasteiger partial charge < -0.3 is 14.2 Å². The van der Waals surface area contributed by atoms with Crippen molar-refractivity contribution in [2.24, 2.45) is 17.8 Å². The van der Waals surface area contributed by atoms with E-state index in [1.165, 1.54) is 52.6 Å². The molecule has 0 amide bonds. The summed E-state index contributed by atoms with van der Waals surface area (Å²) < 4.78 is 45.3. The quantitative estimate of drug-likeness (QED) is 0.143. The lowest BCUT2D eigenvalue weighted by atomic mass is 9.90. The van der Waals surface area contributed by atoms with Crippen LogP contribution in [0.25, 0.3) is 0 Å². The number of allylic oxidation sites excluding steroid dienone is 4. The maximum absolute atomic E-state index is 14.5. The van der Waals surface area contributed by atoms with Gasteiger partial charge in [-0.2, -0.15) is 0 Å². The van der Waals surface area contributed by atoms with E-state index in [4.69, 9.17) is 14.2 Å². The van der Waals surface area contributed by atoms with Gasteiger partial charge in [0.15, 0.2) is 17.9 Å². The van der Waals surface area contributed by atoms with E-state index in [-0.39, 0.29) is 18.0 Å². The van der Waals surface area contributed by atoms with Gasteiger partial charge >= 0.3 is 0 Å². The van der Waals surface area contributed by atoms with Crippen LogP contribution in [-0.2, 0) is 14.2 Å². The summed E-state index contributed by atoms with van der Waals surface area (Å²) in [5, 5.41) is 0. The lowest BCUT2D eigenvalue weighted by molar-refractivity contribution is -0.181. The maximum Gasteiger partial charge on any atom is 0.195 e. The summed E-state index contributed by atoms with van der Waals surface area (Å²) in [5.41, 5.74) is 0.516. The Balaban J connectivity index is 0.00000322. The third kappa shape index (κ3) is 13.5. The van der Waals surface area contributed by atoms with Crippen LogP contribution in [0.1, 0.15) is 113 Å². The molecule has 0 saturated carbocycles. The van der Waals surface area contributed by atoms with Crippen LogP contribution in [0.15, 0.2) is 23.0 Å². The molecular formula is C28H52F2O3. The van der Waals surface area contributed by atoms with Crippen molar-refractivity contribution in [2.45, 2.75) is 119 Å². The van der Waals surface area contributed by atoms with Crippen molar-refractivity contribution in [2.75, 3.05) is 20.3 Å². The molecule has 0 aromatic rings. The molecule has 0 aliphatic carbocycles. The highest BCUT2D eigenvalue weighted by Crippen LogP contribution is 2.31. The average molecular weight is 475 g/mol. The largest absolute Gasteiger partial charge is 0.498 e. The summed E-state index contributed by atoms with van der Waals surface area (Å²) >= 11 is 0. The first kappa shape index (κ1) is 32.1. The highest BCUT2D eigenvalue weighted by atomic mass is 19.2. The van der Waals surface area contributed by atoms with Crippen LogP contribution in [0.4, 0.5) is 8.78 Å². The Bertz CT molecular complexity index is 551. The molecule has 4 unspecified atom stereocenters. The van der Waals surface area contributed by atoms with Crippen molar-refractivity contribution in [3.63, 3.8) is 0 Å². The summed E-state index contributed by atoms with van der Waals surface area (Å²) in [6.07, 6.45) is 10.6. The summed E-state index contributed by atoms with van der Waals surface area (Å²) in [5.74, 6) is -0.673. The fourth-order valence-corrected chi connectivity index (χ4v) is 3.99. The smallest absolute Gasteiger partial charge is 0.195 e. The normalized spacial score (nSPS) is 21.9. The van der Waals surface area contributed by atoms with Gasteiger partial charge in [-0.05, 0) is 68.8 Å². The predicted molar refractivity (Wildman–Crippen MR) is 135 cm³/mol. The van der Waals surface area contributed by atoms with E-state index in [2.05, 4.69) is 27.7 Å². The Labute approximate surface area is 203 Å². The highest BCUT2D eigenvalue weighted by molar-refractivity contribution is 5.28. The molecule has 196 valence electrons. The molecule has 4 atom stereocenters. The Morgan fingerprint density at radius 1 is 1.00 bits per heavy atom. The van der Waals surface area contributed by atoms with Crippen LogP contribution in [0, 0.1) is 17.8 Å². The van der Waals surface area contributed by atoms with Crippen LogP contribution in [0.3, 0.4) is 0 Å².